The van der Waals surface area contributed by atoms with E-state index in [-0.39, 0.29) is 11.2 Å². The van der Waals surface area contributed by atoms with Gasteiger partial charge in [-0.05, 0) is 38.2 Å². The highest BCUT2D eigenvalue weighted by Gasteiger charge is 2.27. The molecule has 1 aromatic carbocycles. The van der Waals surface area contributed by atoms with Crippen molar-refractivity contribution in [3.8, 4) is 11.5 Å². The van der Waals surface area contributed by atoms with E-state index in [1.165, 1.54) is 7.11 Å². The van der Waals surface area contributed by atoms with Gasteiger partial charge in [-0.2, -0.15) is 0 Å². The van der Waals surface area contributed by atoms with E-state index in [1.807, 2.05) is 26.0 Å². The standard InChI is InChI=1S/C17H21N3O3S2/c1-11-6-12(2)8-13(7-11)15-18-20(17(24)23-15)10-19-4-5-25-14(9-19)16(21)22-3/h6-8,14H,4-5,9-10H2,1-3H3/t14-/m0/s1. The van der Waals surface area contributed by atoms with Crippen molar-refractivity contribution >= 4 is 29.9 Å². The Balaban J connectivity index is 1.77. The van der Waals surface area contributed by atoms with Crippen molar-refractivity contribution in [2.45, 2.75) is 25.8 Å². The van der Waals surface area contributed by atoms with Crippen LogP contribution < -0.4 is 0 Å². The Bertz CT molecular complexity index is 811. The molecule has 0 bridgehead atoms. The number of ether oxygens (including phenoxy) is 1. The third-order valence-electron chi connectivity index (χ3n) is 4.02. The van der Waals surface area contributed by atoms with Gasteiger partial charge in [0, 0.05) is 24.4 Å². The van der Waals surface area contributed by atoms with E-state index in [0.29, 0.717) is 23.9 Å². The van der Waals surface area contributed by atoms with Gasteiger partial charge in [0.2, 0.25) is 5.89 Å². The highest BCUT2D eigenvalue weighted by Crippen LogP contribution is 2.23. The topological polar surface area (TPSA) is 60.5 Å². The maximum atomic E-state index is 11.8. The number of hydrogen-bond donors (Lipinski definition) is 0. The third kappa shape index (κ3) is 4.31. The molecule has 1 aliphatic heterocycles. The van der Waals surface area contributed by atoms with E-state index < -0.39 is 0 Å². The number of benzene rings is 1. The molecule has 8 heteroatoms. The fraction of sp³-hybridized carbons (Fsp3) is 0.471. The van der Waals surface area contributed by atoms with E-state index in [9.17, 15) is 4.79 Å². The van der Waals surface area contributed by atoms with E-state index in [1.54, 1.807) is 16.4 Å². The van der Waals surface area contributed by atoms with Crippen LogP contribution in [0.15, 0.2) is 22.6 Å². The van der Waals surface area contributed by atoms with Crippen molar-refractivity contribution in [1.82, 2.24) is 14.7 Å². The van der Waals surface area contributed by atoms with Crippen LogP contribution >= 0.6 is 24.0 Å². The minimum atomic E-state index is -0.186. The SMILES string of the molecule is COC(=O)[C@@H]1CN(Cn2nc(-c3cc(C)cc(C)c3)oc2=S)CCS1. The molecule has 1 atom stereocenters. The van der Waals surface area contributed by atoms with Crippen molar-refractivity contribution in [3.63, 3.8) is 0 Å². The van der Waals surface area contributed by atoms with Gasteiger partial charge in [-0.15, -0.1) is 16.9 Å². The van der Waals surface area contributed by atoms with Gasteiger partial charge in [-0.3, -0.25) is 9.69 Å². The summed E-state index contributed by atoms with van der Waals surface area (Å²) in [6, 6.07) is 6.17. The summed E-state index contributed by atoms with van der Waals surface area (Å²) in [6.45, 7) is 6.07. The van der Waals surface area contributed by atoms with E-state index in [2.05, 4.69) is 16.1 Å². The largest absolute Gasteiger partial charge is 0.468 e. The molecule has 0 spiro atoms. The van der Waals surface area contributed by atoms with Crippen LogP contribution in [0.1, 0.15) is 11.1 Å². The average Bonchev–Trinajstić information content (AvgIpc) is 2.94. The number of esters is 1. The number of carbonyl (C=O) groups is 1. The Morgan fingerprint density at radius 1 is 1.40 bits per heavy atom. The average molecular weight is 380 g/mol. The summed E-state index contributed by atoms with van der Waals surface area (Å²) in [4.78, 5) is 14.2. The Hall–Kier alpha value is -1.64. The smallest absolute Gasteiger partial charge is 0.320 e. The molecule has 0 radical (unpaired) electrons. The molecule has 6 nitrogen and oxygen atoms in total. The van der Waals surface area contributed by atoms with Crippen LogP contribution in [0.4, 0.5) is 0 Å². The summed E-state index contributed by atoms with van der Waals surface area (Å²) in [5.41, 5.74) is 3.23. The monoisotopic (exact) mass is 379 g/mol. The summed E-state index contributed by atoms with van der Waals surface area (Å²) < 4.78 is 12.2. The van der Waals surface area contributed by atoms with Crippen LogP contribution in [0, 0.1) is 18.7 Å². The molecule has 2 aromatic rings. The molecule has 1 fully saturated rings. The van der Waals surface area contributed by atoms with Crippen LogP contribution in [0.5, 0.6) is 0 Å². The van der Waals surface area contributed by atoms with E-state index in [4.69, 9.17) is 21.4 Å². The summed E-state index contributed by atoms with van der Waals surface area (Å²) in [7, 11) is 1.42. The Morgan fingerprint density at radius 3 is 2.80 bits per heavy atom. The molecule has 0 aliphatic carbocycles. The lowest BCUT2D eigenvalue weighted by molar-refractivity contribution is -0.140. The third-order valence-corrected chi connectivity index (χ3v) is 5.48. The molecule has 3 rings (SSSR count). The summed E-state index contributed by atoms with van der Waals surface area (Å²) in [5.74, 6) is 1.21. The van der Waals surface area contributed by atoms with Gasteiger partial charge in [0.05, 0.1) is 13.8 Å². The van der Waals surface area contributed by atoms with Crippen molar-refractivity contribution in [1.29, 1.82) is 0 Å². The zero-order chi connectivity index (χ0) is 18.0. The summed E-state index contributed by atoms with van der Waals surface area (Å²) in [5, 5.41) is 4.36. The second-order valence-corrected chi connectivity index (χ2v) is 7.81. The van der Waals surface area contributed by atoms with Crippen molar-refractivity contribution in [2.24, 2.45) is 0 Å². The van der Waals surface area contributed by atoms with Gasteiger partial charge in [0.25, 0.3) is 4.84 Å². The lowest BCUT2D eigenvalue weighted by Gasteiger charge is -2.30. The Kier molecular flexibility index (Phi) is 5.61. The molecule has 25 heavy (non-hydrogen) atoms. The molecule has 134 valence electrons. The zero-order valence-corrected chi connectivity index (χ0v) is 16.2. The fourth-order valence-electron chi connectivity index (χ4n) is 2.90. The molecule has 1 saturated heterocycles. The number of aryl methyl sites for hydroxylation is 2. The van der Waals surface area contributed by atoms with Gasteiger partial charge in [0.15, 0.2) is 0 Å². The van der Waals surface area contributed by atoms with Crippen molar-refractivity contribution < 1.29 is 13.9 Å². The lowest BCUT2D eigenvalue weighted by atomic mass is 10.1. The number of methoxy groups -OCH3 is 1. The van der Waals surface area contributed by atoms with Gasteiger partial charge >= 0.3 is 5.97 Å². The Morgan fingerprint density at radius 2 is 2.12 bits per heavy atom. The van der Waals surface area contributed by atoms with Crippen LogP contribution in [-0.4, -0.2) is 51.9 Å². The molecule has 0 N–H and O–H groups in total. The maximum absolute atomic E-state index is 11.8. The first-order valence-electron chi connectivity index (χ1n) is 8.04. The second-order valence-electron chi connectivity index (χ2n) is 6.15. The summed E-state index contributed by atoms with van der Waals surface area (Å²) in [6.07, 6.45) is 0. The van der Waals surface area contributed by atoms with Crippen LogP contribution in [0.2, 0.25) is 0 Å². The first-order chi connectivity index (χ1) is 12.0. The molecule has 1 aromatic heterocycles. The first-order valence-corrected chi connectivity index (χ1v) is 9.50. The number of thioether (sulfide) groups is 1. The van der Waals surface area contributed by atoms with Crippen molar-refractivity contribution in [3.05, 3.63) is 34.2 Å². The number of carbonyl (C=O) groups excluding carboxylic acids is 1. The highest BCUT2D eigenvalue weighted by molar-refractivity contribution is 8.00. The van der Waals surface area contributed by atoms with E-state index in [0.717, 1.165) is 29.0 Å². The highest BCUT2D eigenvalue weighted by atomic mass is 32.2. The lowest BCUT2D eigenvalue weighted by Crippen LogP contribution is -2.42. The zero-order valence-electron chi connectivity index (χ0n) is 14.5. The summed E-state index contributed by atoms with van der Waals surface area (Å²) >= 11 is 6.95. The number of aromatic nitrogens is 2. The molecule has 0 amide bonds. The predicted octanol–water partition coefficient (Wildman–Crippen LogP) is 3.04. The molecule has 0 saturated carbocycles. The predicted molar refractivity (Wildman–Crippen MR) is 100 cm³/mol. The van der Waals surface area contributed by atoms with Crippen LogP contribution in [0.3, 0.4) is 0 Å². The van der Waals surface area contributed by atoms with Crippen LogP contribution in [-0.2, 0) is 16.2 Å². The second kappa shape index (κ2) is 7.72. The number of nitrogens with zero attached hydrogens (tertiary/aromatic N) is 3. The number of hydrogen-bond acceptors (Lipinski definition) is 7. The molecule has 1 aliphatic rings. The van der Waals surface area contributed by atoms with E-state index >= 15 is 0 Å². The van der Waals surface area contributed by atoms with Crippen LogP contribution in [0.25, 0.3) is 11.5 Å². The van der Waals surface area contributed by atoms with Gasteiger partial charge in [-0.25, -0.2) is 4.68 Å². The molecular weight excluding hydrogens is 358 g/mol. The van der Waals surface area contributed by atoms with Gasteiger partial charge in [0.1, 0.15) is 5.25 Å². The van der Waals surface area contributed by atoms with Gasteiger partial charge < -0.3 is 9.15 Å². The van der Waals surface area contributed by atoms with Gasteiger partial charge in [-0.1, -0.05) is 17.2 Å². The first kappa shape index (κ1) is 18.2. The molecular formula is C17H21N3O3S2. The Labute approximate surface area is 156 Å². The fourth-order valence-corrected chi connectivity index (χ4v) is 4.28. The quantitative estimate of drug-likeness (QED) is 0.598. The molecule has 2 heterocycles. The number of rotatable bonds is 4. The molecule has 0 unspecified atom stereocenters. The minimum Gasteiger partial charge on any atom is -0.468 e. The minimum absolute atomic E-state index is 0.168. The maximum Gasteiger partial charge on any atom is 0.320 e. The van der Waals surface area contributed by atoms with Crippen molar-refractivity contribution in [2.75, 3.05) is 26.0 Å². The normalized spacial score (nSPS) is 18.3.